The minimum Gasteiger partial charge on any atom is -0.441 e. The molecular formula is C36H40N4O2. The number of esters is 1. The third-order valence-corrected chi connectivity index (χ3v) is 7.92. The lowest BCUT2D eigenvalue weighted by molar-refractivity contribution is 0.0277. The fraction of sp³-hybridized carbons (Fsp3) is 0.250. The van der Waals surface area contributed by atoms with Crippen molar-refractivity contribution in [3.05, 3.63) is 125 Å². The highest BCUT2D eigenvalue weighted by Gasteiger charge is 2.48. The van der Waals surface area contributed by atoms with Gasteiger partial charge in [-0.05, 0) is 71.3 Å². The van der Waals surface area contributed by atoms with Crippen LogP contribution in [-0.4, -0.2) is 62.4 Å². The average Bonchev–Trinajstić information content (AvgIpc) is 3.28. The zero-order valence-electron chi connectivity index (χ0n) is 25.8. The first kappa shape index (κ1) is 28.8. The maximum atomic E-state index is 13.6. The van der Waals surface area contributed by atoms with E-state index in [1.165, 1.54) is 0 Å². The predicted molar refractivity (Wildman–Crippen MR) is 176 cm³/mol. The molecule has 1 aliphatic heterocycles. The van der Waals surface area contributed by atoms with Crippen LogP contribution in [0, 0.1) is 0 Å². The fourth-order valence-electron chi connectivity index (χ4n) is 5.54. The monoisotopic (exact) mass is 560 g/mol. The van der Waals surface area contributed by atoms with Crippen molar-refractivity contribution in [2.45, 2.75) is 5.60 Å². The Labute approximate surface area is 250 Å². The summed E-state index contributed by atoms with van der Waals surface area (Å²) in [5.41, 5.74) is 8.48. The third-order valence-electron chi connectivity index (χ3n) is 7.92. The van der Waals surface area contributed by atoms with Gasteiger partial charge in [0.1, 0.15) is 0 Å². The van der Waals surface area contributed by atoms with Crippen molar-refractivity contribution in [1.29, 1.82) is 0 Å². The molecular weight excluding hydrogens is 520 g/mol. The van der Waals surface area contributed by atoms with Gasteiger partial charge in [0.25, 0.3) is 0 Å². The summed E-state index contributed by atoms with van der Waals surface area (Å²) < 4.78 is 6.52. The fourth-order valence-corrected chi connectivity index (χ4v) is 5.54. The van der Waals surface area contributed by atoms with Gasteiger partial charge < -0.3 is 24.3 Å². The number of nitrogens with zero attached hydrogens (tertiary/aromatic N) is 4. The Balaban J connectivity index is 1.83. The molecule has 6 heteroatoms. The van der Waals surface area contributed by atoms with Crippen molar-refractivity contribution in [2.75, 3.05) is 76.0 Å². The summed E-state index contributed by atoms with van der Waals surface area (Å²) in [4.78, 5) is 21.9. The number of cyclic esters (lactones) is 1. The number of benzene rings is 4. The largest absolute Gasteiger partial charge is 0.441 e. The molecule has 4 aromatic rings. The Bertz CT molecular complexity index is 1550. The van der Waals surface area contributed by atoms with Gasteiger partial charge in [-0.3, -0.25) is 0 Å². The Morgan fingerprint density at radius 3 is 1.48 bits per heavy atom. The predicted octanol–water partition coefficient (Wildman–Crippen LogP) is 6.50. The van der Waals surface area contributed by atoms with Crippen LogP contribution in [0.5, 0.6) is 0 Å². The number of carbonyl (C=O) groups is 1. The molecule has 1 atom stereocenters. The van der Waals surface area contributed by atoms with Crippen LogP contribution in [-0.2, 0) is 10.3 Å². The normalized spacial score (nSPS) is 15.5. The van der Waals surface area contributed by atoms with Crippen LogP contribution >= 0.6 is 0 Å². The minimum absolute atomic E-state index is 0.327. The standard InChI is InChI=1S/C36H40N4O2/c1-37(2)28-18-12-25(13-19-28)32(26-14-20-29(21-15-26)38(3)4)24-36(27-16-22-30(23-17-27)39(5)6)34-31(35(41)42-36)10-9-11-33(34)40(7)8/h9-24H,1-8H3. The lowest BCUT2D eigenvalue weighted by atomic mass is 9.80. The Hall–Kier alpha value is -4.71. The highest BCUT2D eigenvalue weighted by atomic mass is 16.6. The number of fused-ring (bicyclic) bond motifs is 1. The maximum Gasteiger partial charge on any atom is 0.340 e. The molecule has 0 aliphatic carbocycles. The van der Waals surface area contributed by atoms with Crippen LogP contribution in [0.1, 0.15) is 32.6 Å². The second-order valence-electron chi connectivity index (χ2n) is 11.6. The third kappa shape index (κ3) is 5.20. The van der Waals surface area contributed by atoms with Gasteiger partial charge in [-0.1, -0.05) is 42.5 Å². The van der Waals surface area contributed by atoms with Crippen molar-refractivity contribution in [2.24, 2.45) is 0 Å². The van der Waals surface area contributed by atoms with Crippen molar-refractivity contribution >= 4 is 34.3 Å². The molecule has 0 bridgehead atoms. The first-order valence-corrected chi connectivity index (χ1v) is 14.1. The summed E-state index contributed by atoms with van der Waals surface area (Å²) in [7, 11) is 16.2. The first-order valence-electron chi connectivity index (χ1n) is 14.1. The lowest BCUT2D eigenvalue weighted by Gasteiger charge is -2.31. The molecule has 0 N–H and O–H groups in total. The molecule has 5 rings (SSSR count). The zero-order valence-corrected chi connectivity index (χ0v) is 25.8. The van der Waals surface area contributed by atoms with Gasteiger partial charge >= 0.3 is 5.97 Å². The van der Waals surface area contributed by atoms with Crippen LogP contribution < -0.4 is 19.6 Å². The van der Waals surface area contributed by atoms with Crippen LogP contribution in [0.15, 0.2) is 97.1 Å². The Morgan fingerprint density at radius 1 is 0.595 bits per heavy atom. The quantitative estimate of drug-likeness (QED) is 0.229. The highest BCUT2D eigenvalue weighted by molar-refractivity contribution is 5.99. The number of hydrogen-bond donors (Lipinski definition) is 0. The number of carbonyl (C=O) groups excluding carboxylic acids is 1. The minimum atomic E-state index is -1.14. The molecule has 1 heterocycles. The molecule has 4 aromatic carbocycles. The van der Waals surface area contributed by atoms with Crippen LogP contribution in [0.3, 0.4) is 0 Å². The second kappa shape index (κ2) is 11.3. The van der Waals surface area contributed by atoms with E-state index in [1.54, 1.807) is 0 Å². The molecule has 0 saturated carbocycles. The molecule has 0 radical (unpaired) electrons. The van der Waals surface area contributed by atoms with Gasteiger partial charge in [0.15, 0.2) is 5.60 Å². The molecule has 6 nitrogen and oxygen atoms in total. The van der Waals surface area contributed by atoms with Crippen LogP contribution in [0.25, 0.3) is 5.57 Å². The van der Waals surface area contributed by atoms with Crippen molar-refractivity contribution < 1.29 is 9.53 Å². The molecule has 0 fully saturated rings. The maximum absolute atomic E-state index is 13.6. The summed E-state index contributed by atoms with van der Waals surface area (Å²) in [5.74, 6) is -0.327. The molecule has 0 aromatic heterocycles. The number of anilines is 4. The van der Waals surface area contributed by atoms with Gasteiger partial charge in [0.2, 0.25) is 0 Å². The second-order valence-corrected chi connectivity index (χ2v) is 11.6. The van der Waals surface area contributed by atoms with E-state index in [1.807, 2.05) is 68.5 Å². The molecule has 1 aliphatic rings. The van der Waals surface area contributed by atoms with E-state index in [9.17, 15) is 4.79 Å². The molecule has 42 heavy (non-hydrogen) atoms. The SMILES string of the molecule is CN(C)c1ccc(C(=CC2(c3ccc(N(C)C)cc3)OC(=O)c3cccc(N(C)C)c32)c2ccc(N(C)C)cc2)cc1. The summed E-state index contributed by atoms with van der Waals surface area (Å²) >= 11 is 0. The van der Waals surface area contributed by atoms with E-state index in [4.69, 9.17) is 4.74 Å². The summed E-state index contributed by atoms with van der Waals surface area (Å²) in [6, 6.07) is 31.2. The van der Waals surface area contributed by atoms with E-state index in [2.05, 4.69) is 105 Å². The van der Waals surface area contributed by atoms with E-state index < -0.39 is 5.60 Å². The summed E-state index contributed by atoms with van der Waals surface area (Å²) in [6.45, 7) is 0. The van der Waals surface area contributed by atoms with Gasteiger partial charge in [0, 0.05) is 90.3 Å². The summed E-state index contributed by atoms with van der Waals surface area (Å²) in [6.07, 6.45) is 2.14. The van der Waals surface area contributed by atoms with E-state index in [0.29, 0.717) is 5.56 Å². The Kier molecular flexibility index (Phi) is 7.74. The average molecular weight is 561 g/mol. The van der Waals surface area contributed by atoms with Crippen molar-refractivity contribution in [3.8, 4) is 0 Å². The van der Waals surface area contributed by atoms with Crippen molar-refractivity contribution in [1.82, 2.24) is 0 Å². The lowest BCUT2D eigenvalue weighted by Crippen LogP contribution is -2.28. The van der Waals surface area contributed by atoms with E-state index in [0.717, 1.165) is 50.6 Å². The Morgan fingerprint density at radius 2 is 1.05 bits per heavy atom. The number of rotatable bonds is 8. The molecule has 0 spiro atoms. The van der Waals surface area contributed by atoms with E-state index in [-0.39, 0.29) is 5.97 Å². The zero-order chi connectivity index (χ0) is 30.2. The van der Waals surface area contributed by atoms with Crippen molar-refractivity contribution in [3.63, 3.8) is 0 Å². The van der Waals surface area contributed by atoms with Gasteiger partial charge in [-0.2, -0.15) is 0 Å². The van der Waals surface area contributed by atoms with Gasteiger partial charge in [-0.25, -0.2) is 4.79 Å². The van der Waals surface area contributed by atoms with Crippen LogP contribution in [0.2, 0.25) is 0 Å². The van der Waals surface area contributed by atoms with E-state index >= 15 is 0 Å². The number of ether oxygens (including phenoxy) is 1. The van der Waals surface area contributed by atoms with Crippen LogP contribution in [0.4, 0.5) is 22.7 Å². The smallest absolute Gasteiger partial charge is 0.340 e. The summed E-state index contributed by atoms with van der Waals surface area (Å²) in [5, 5.41) is 0. The van der Waals surface area contributed by atoms with Gasteiger partial charge in [0.05, 0.1) is 5.56 Å². The molecule has 0 amide bonds. The molecule has 1 unspecified atom stereocenters. The molecule has 0 saturated heterocycles. The highest BCUT2D eigenvalue weighted by Crippen LogP contribution is 2.49. The number of hydrogen-bond acceptors (Lipinski definition) is 6. The molecule has 216 valence electrons. The first-order chi connectivity index (χ1) is 20.0. The van der Waals surface area contributed by atoms with Gasteiger partial charge in [-0.15, -0.1) is 0 Å². The topological polar surface area (TPSA) is 39.3 Å².